The van der Waals surface area contributed by atoms with E-state index >= 15 is 0 Å². The molecule has 3 heteroatoms. The molecule has 2 heterocycles. The second kappa shape index (κ2) is 11.3. The van der Waals surface area contributed by atoms with E-state index < -0.39 is 5.41 Å². The molecule has 1 aliphatic carbocycles. The van der Waals surface area contributed by atoms with Gasteiger partial charge in [-0.25, -0.2) is 0 Å². The average Bonchev–Trinajstić information content (AvgIpc) is 3.87. The van der Waals surface area contributed by atoms with Gasteiger partial charge in [-0.3, -0.25) is 0 Å². The summed E-state index contributed by atoms with van der Waals surface area (Å²) in [5, 5.41) is 4.84. The maximum atomic E-state index is 6.50. The van der Waals surface area contributed by atoms with Gasteiger partial charge in [-0.05, 0) is 70.3 Å². The molecule has 11 rings (SSSR count). The molecule has 2 nitrogen and oxygen atoms in total. The van der Waals surface area contributed by atoms with Crippen molar-refractivity contribution < 1.29 is 4.42 Å². The lowest BCUT2D eigenvalue weighted by atomic mass is 9.68. The lowest BCUT2D eigenvalue weighted by Gasteiger charge is -2.34. The lowest BCUT2D eigenvalue weighted by molar-refractivity contribution is 0.669. The standard InChI is InChI=1S/C49H31NOS/c1-3-14-32(15-4-1)49(33-16-5-2-6-17-33)41-21-10-7-20-40(41)48-42(49)22-13-23-43(48)50(34-26-28-37-36-18-8-11-24-44(36)51-45(37)30-34)35-27-29-39-38-19-9-12-25-46(38)52-47(39)31-35/h1-31H. The second-order valence-electron chi connectivity index (χ2n) is 13.6. The molecule has 0 radical (unpaired) electrons. The van der Waals surface area contributed by atoms with Crippen LogP contribution >= 0.6 is 11.3 Å². The van der Waals surface area contributed by atoms with Crippen molar-refractivity contribution in [1.29, 1.82) is 0 Å². The van der Waals surface area contributed by atoms with Crippen LogP contribution in [-0.2, 0) is 5.41 Å². The zero-order valence-corrected chi connectivity index (χ0v) is 29.0. The first-order chi connectivity index (χ1) is 25.8. The number of rotatable bonds is 5. The molecule has 52 heavy (non-hydrogen) atoms. The van der Waals surface area contributed by atoms with E-state index in [1.165, 1.54) is 53.6 Å². The minimum Gasteiger partial charge on any atom is -0.456 e. The lowest BCUT2D eigenvalue weighted by Crippen LogP contribution is -2.28. The Morgan fingerprint density at radius 1 is 0.423 bits per heavy atom. The monoisotopic (exact) mass is 681 g/mol. The molecule has 0 saturated carbocycles. The summed E-state index contributed by atoms with van der Waals surface area (Å²) in [5.41, 5.74) is 12.2. The van der Waals surface area contributed by atoms with E-state index in [4.69, 9.17) is 4.42 Å². The van der Waals surface area contributed by atoms with Gasteiger partial charge in [-0.15, -0.1) is 11.3 Å². The Bertz CT molecular complexity index is 2820. The van der Waals surface area contributed by atoms with Crippen LogP contribution in [0.4, 0.5) is 17.1 Å². The number of nitrogens with zero attached hydrogens (tertiary/aromatic N) is 1. The quantitative estimate of drug-likeness (QED) is 0.180. The fraction of sp³-hybridized carbons (Fsp3) is 0.0204. The highest BCUT2D eigenvalue weighted by molar-refractivity contribution is 7.25. The molecule has 0 fully saturated rings. The summed E-state index contributed by atoms with van der Waals surface area (Å²) in [6, 6.07) is 68.6. The minimum absolute atomic E-state index is 0.492. The van der Waals surface area contributed by atoms with Gasteiger partial charge in [0.2, 0.25) is 0 Å². The molecule has 8 aromatic carbocycles. The van der Waals surface area contributed by atoms with Crippen molar-refractivity contribution in [2.45, 2.75) is 5.41 Å². The first-order valence-corrected chi connectivity index (χ1v) is 18.6. The van der Waals surface area contributed by atoms with Gasteiger partial charge in [-0.1, -0.05) is 140 Å². The van der Waals surface area contributed by atoms with Crippen molar-refractivity contribution in [1.82, 2.24) is 0 Å². The summed E-state index contributed by atoms with van der Waals surface area (Å²) in [5.74, 6) is 0. The highest BCUT2D eigenvalue weighted by Gasteiger charge is 2.47. The molecule has 0 unspecified atom stereocenters. The zero-order chi connectivity index (χ0) is 34.2. The number of hydrogen-bond donors (Lipinski definition) is 0. The second-order valence-corrected chi connectivity index (χ2v) is 14.7. The summed E-state index contributed by atoms with van der Waals surface area (Å²) < 4.78 is 9.07. The minimum atomic E-state index is -0.492. The third kappa shape index (κ3) is 4.11. The molecule has 0 spiro atoms. The van der Waals surface area contributed by atoms with E-state index in [2.05, 4.69) is 187 Å². The van der Waals surface area contributed by atoms with Crippen molar-refractivity contribution in [2.24, 2.45) is 0 Å². The highest BCUT2D eigenvalue weighted by atomic mass is 32.1. The largest absolute Gasteiger partial charge is 0.456 e. The number of thiophene rings is 1. The fourth-order valence-electron chi connectivity index (χ4n) is 8.79. The molecule has 0 N–H and O–H groups in total. The van der Waals surface area contributed by atoms with E-state index in [1.807, 2.05) is 17.4 Å². The Morgan fingerprint density at radius 3 is 1.83 bits per heavy atom. The number of hydrogen-bond acceptors (Lipinski definition) is 3. The maximum absolute atomic E-state index is 6.50. The molecule has 244 valence electrons. The van der Waals surface area contributed by atoms with Crippen LogP contribution in [0.25, 0.3) is 53.2 Å². The van der Waals surface area contributed by atoms with Crippen molar-refractivity contribution in [2.75, 3.05) is 4.90 Å². The smallest absolute Gasteiger partial charge is 0.137 e. The summed E-state index contributed by atoms with van der Waals surface area (Å²) in [6.45, 7) is 0. The summed E-state index contributed by atoms with van der Waals surface area (Å²) in [4.78, 5) is 2.44. The zero-order valence-electron chi connectivity index (χ0n) is 28.2. The highest BCUT2D eigenvalue weighted by Crippen LogP contribution is 2.59. The van der Waals surface area contributed by atoms with Gasteiger partial charge in [0.15, 0.2) is 0 Å². The summed E-state index contributed by atoms with van der Waals surface area (Å²) >= 11 is 1.85. The molecule has 0 aliphatic heterocycles. The predicted molar refractivity (Wildman–Crippen MR) is 219 cm³/mol. The van der Waals surface area contributed by atoms with Crippen molar-refractivity contribution in [3.05, 3.63) is 210 Å². The van der Waals surface area contributed by atoms with Crippen molar-refractivity contribution in [3.63, 3.8) is 0 Å². The number of anilines is 3. The van der Waals surface area contributed by atoms with Crippen LogP contribution in [0.3, 0.4) is 0 Å². The number of fused-ring (bicyclic) bond motifs is 9. The number of benzene rings is 8. The Hall–Kier alpha value is -6.42. The molecule has 0 bridgehead atoms. The van der Waals surface area contributed by atoms with E-state index in [9.17, 15) is 0 Å². The molecule has 0 saturated heterocycles. The Kier molecular flexibility index (Phi) is 6.37. The van der Waals surface area contributed by atoms with Crippen LogP contribution in [0, 0.1) is 0 Å². The molecule has 0 atom stereocenters. The Balaban J connectivity index is 1.23. The van der Waals surface area contributed by atoms with Crippen LogP contribution in [0.1, 0.15) is 22.3 Å². The fourth-order valence-corrected chi connectivity index (χ4v) is 9.93. The molecule has 10 aromatic rings. The van der Waals surface area contributed by atoms with E-state index in [-0.39, 0.29) is 0 Å². The van der Waals surface area contributed by atoms with E-state index in [1.54, 1.807) is 0 Å². The van der Waals surface area contributed by atoms with Gasteiger partial charge in [0.05, 0.1) is 11.1 Å². The maximum Gasteiger partial charge on any atom is 0.137 e. The molecule has 0 amide bonds. The number of para-hydroxylation sites is 1. The summed E-state index contributed by atoms with van der Waals surface area (Å²) in [7, 11) is 0. The first kappa shape index (κ1) is 29.3. The van der Waals surface area contributed by atoms with Crippen LogP contribution < -0.4 is 4.90 Å². The van der Waals surface area contributed by atoms with Crippen LogP contribution in [0.5, 0.6) is 0 Å². The Labute approximate surface area is 305 Å². The van der Waals surface area contributed by atoms with E-state index in [0.29, 0.717) is 0 Å². The van der Waals surface area contributed by atoms with E-state index in [0.717, 1.165) is 39.0 Å². The predicted octanol–water partition coefficient (Wildman–Crippen LogP) is 13.8. The van der Waals surface area contributed by atoms with Gasteiger partial charge in [0, 0.05) is 53.9 Å². The van der Waals surface area contributed by atoms with Gasteiger partial charge in [-0.2, -0.15) is 0 Å². The van der Waals surface area contributed by atoms with Crippen LogP contribution in [-0.4, -0.2) is 0 Å². The SMILES string of the molecule is c1ccc(C2(c3ccccc3)c3ccccc3-c3c(N(c4ccc5c(c4)oc4ccccc45)c4ccc5c(c4)sc4ccccc45)cccc32)cc1. The third-order valence-corrected chi connectivity index (χ3v) is 12.1. The molecule has 2 aromatic heterocycles. The van der Waals surface area contributed by atoms with Crippen molar-refractivity contribution in [3.8, 4) is 11.1 Å². The molecular weight excluding hydrogens is 651 g/mol. The topological polar surface area (TPSA) is 16.4 Å². The van der Waals surface area contributed by atoms with Crippen LogP contribution in [0.15, 0.2) is 192 Å². The molecule has 1 aliphatic rings. The van der Waals surface area contributed by atoms with Crippen molar-refractivity contribution >= 4 is 70.5 Å². The molecular formula is C49H31NOS. The van der Waals surface area contributed by atoms with Crippen LogP contribution in [0.2, 0.25) is 0 Å². The summed E-state index contributed by atoms with van der Waals surface area (Å²) in [6.07, 6.45) is 0. The van der Waals surface area contributed by atoms with Gasteiger partial charge < -0.3 is 9.32 Å². The first-order valence-electron chi connectivity index (χ1n) is 17.8. The third-order valence-electron chi connectivity index (χ3n) is 10.9. The van der Waals surface area contributed by atoms with Gasteiger partial charge in [0.1, 0.15) is 11.2 Å². The normalized spacial score (nSPS) is 13.2. The van der Waals surface area contributed by atoms with Gasteiger partial charge >= 0.3 is 0 Å². The number of furan rings is 1. The average molecular weight is 682 g/mol. The van der Waals surface area contributed by atoms with Gasteiger partial charge in [0.25, 0.3) is 0 Å². The Morgan fingerprint density at radius 2 is 1.02 bits per heavy atom.